The molecule has 0 aromatic heterocycles. The van der Waals surface area contributed by atoms with Gasteiger partial charge < -0.3 is 9.84 Å². The first-order valence-electron chi connectivity index (χ1n) is 7.93. The van der Waals surface area contributed by atoms with Gasteiger partial charge in [-0.15, -0.1) is 0 Å². The van der Waals surface area contributed by atoms with Crippen molar-refractivity contribution in [1.82, 2.24) is 0 Å². The molecule has 0 bridgehead atoms. The molecular weight excluding hydrogens is 324 g/mol. The lowest BCUT2D eigenvalue weighted by molar-refractivity contribution is 0.124. The zero-order chi connectivity index (χ0) is 17.7. The molecule has 1 N–H and O–H groups in total. The Hall–Kier alpha value is -1.85. The summed E-state index contributed by atoms with van der Waals surface area (Å²) in [6.45, 7) is 5.51. The molecule has 0 amide bonds. The van der Waals surface area contributed by atoms with Gasteiger partial charge in [0.15, 0.2) is 9.84 Å². The van der Waals surface area contributed by atoms with Gasteiger partial charge in [-0.2, -0.15) is 0 Å². The molecule has 0 radical (unpaired) electrons. The van der Waals surface area contributed by atoms with Crippen LogP contribution in [0, 0.1) is 13.8 Å². The summed E-state index contributed by atoms with van der Waals surface area (Å²) in [7, 11) is -3.46. The fraction of sp³-hybridized carbons (Fsp3) is 0.368. The number of aliphatic hydroxyl groups is 1. The van der Waals surface area contributed by atoms with Gasteiger partial charge in [-0.1, -0.05) is 36.4 Å². The average molecular weight is 348 g/mol. The summed E-state index contributed by atoms with van der Waals surface area (Å²) >= 11 is 0. The van der Waals surface area contributed by atoms with Crippen molar-refractivity contribution in [2.75, 3.05) is 12.4 Å². The van der Waals surface area contributed by atoms with Crippen molar-refractivity contribution in [3.63, 3.8) is 0 Å². The van der Waals surface area contributed by atoms with Gasteiger partial charge in [-0.05, 0) is 49.6 Å². The van der Waals surface area contributed by atoms with E-state index in [0.717, 1.165) is 16.7 Å². The Bertz CT molecular complexity index is 749. The summed E-state index contributed by atoms with van der Waals surface area (Å²) in [5, 5.41) is 9.42. The minimum Gasteiger partial charge on any atom is -0.491 e. The zero-order valence-corrected chi connectivity index (χ0v) is 15.1. The summed E-state index contributed by atoms with van der Waals surface area (Å²) in [5.41, 5.74) is 2.84. The van der Waals surface area contributed by atoms with Crippen molar-refractivity contribution in [3.8, 4) is 5.75 Å². The SMILES string of the molecule is Cc1cc(C)cc(OCC(O)CS(=O)(=O)C(C)c2ccccc2)c1. The molecule has 0 spiro atoms. The van der Waals surface area contributed by atoms with Gasteiger partial charge in [0.05, 0.1) is 11.0 Å². The predicted molar refractivity (Wildman–Crippen MR) is 96.1 cm³/mol. The van der Waals surface area contributed by atoms with E-state index >= 15 is 0 Å². The van der Waals surface area contributed by atoms with Crippen molar-refractivity contribution in [1.29, 1.82) is 0 Å². The van der Waals surface area contributed by atoms with E-state index in [4.69, 9.17) is 4.74 Å². The molecule has 2 rings (SSSR count). The van der Waals surface area contributed by atoms with E-state index in [-0.39, 0.29) is 12.4 Å². The van der Waals surface area contributed by atoms with E-state index in [1.807, 2.05) is 38.1 Å². The lowest BCUT2D eigenvalue weighted by atomic mass is 10.1. The van der Waals surface area contributed by atoms with Gasteiger partial charge in [-0.3, -0.25) is 0 Å². The minimum absolute atomic E-state index is 0.0520. The minimum atomic E-state index is -3.46. The molecule has 5 heteroatoms. The predicted octanol–water partition coefficient (Wildman–Crippen LogP) is 3.22. The third-order valence-electron chi connectivity index (χ3n) is 3.87. The molecule has 0 saturated carbocycles. The highest BCUT2D eigenvalue weighted by Gasteiger charge is 2.26. The number of hydrogen-bond acceptors (Lipinski definition) is 4. The summed E-state index contributed by atoms with van der Waals surface area (Å²) < 4.78 is 30.4. The van der Waals surface area contributed by atoms with Crippen LogP contribution in [0.3, 0.4) is 0 Å². The summed E-state index contributed by atoms with van der Waals surface area (Å²) in [5.74, 6) is 0.313. The fourth-order valence-electron chi connectivity index (χ4n) is 2.60. The lowest BCUT2D eigenvalue weighted by Crippen LogP contribution is -2.29. The molecule has 2 aromatic rings. The molecule has 0 heterocycles. The number of sulfone groups is 1. The molecule has 24 heavy (non-hydrogen) atoms. The van der Waals surface area contributed by atoms with E-state index < -0.39 is 21.2 Å². The van der Waals surface area contributed by atoms with Gasteiger partial charge in [0.2, 0.25) is 0 Å². The van der Waals surface area contributed by atoms with E-state index in [1.165, 1.54) is 0 Å². The van der Waals surface area contributed by atoms with Crippen molar-refractivity contribution >= 4 is 9.84 Å². The van der Waals surface area contributed by atoms with Crippen molar-refractivity contribution in [3.05, 3.63) is 65.2 Å². The monoisotopic (exact) mass is 348 g/mol. The highest BCUT2D eigenvalue weighted by molar-refractivity contribution is 7.91. The fourth-order valence-corrected chi connectivity index (χ4v) is 4.09. The average Bonchev–Trinajstić information content (AvgIpc) is 2.52. The molecule has 2 unspecified atom stereocenters. The number of rotatable bonds is 7. The van der Waals surface area contributed by atoms with Gasteiger partial charge >= 0.3 is 0 Å². The Labute approximate surface area is 144 Å². The van der Waals surface area contributed by atoms with Crippen LogP contribution >= 0.6 is 0 Å². The van der Waals surface area contributed by atoms with Gasteiger partial charge in [0.25, 0.3) is 0 Å². The van der Waals surface area contributed by atoms with Crippen molar-refractivity contribution < 1.29 is 18.3 Å². The van der Waals surface area contributed by atoms with Gasteiger partial charge in [0.1, 0.15) is 18.5 Å². The lowest BCUT2D eigenvalue weighted by Gasteiger charge is -2.17. The third-order valence-corrected chi connectivity index (χ3v) is 6.07. The number of aliphatic hydroxyl groups excluding tert-OH is 1. The number of hydrogen-bond donors (Lipinski definition) is 1. The maximum atomic E-state index is 12.4. The van der Waals surface area contributed by atoms with Crippen LogP contribution < -0.4 is 4.74 Å². The quantitative estimate of drug-likeness (QED) is 0.834. The Kier molecular flexibility index (Phi) is 6.02. The van der Waals surface area contributed by atoms with E-state index in [0.29, 0.717) is 5.75 Å². The molecule has 2 atom stereocenters. The maximum Gasteiger partial charge on any atom is 0.159 e. The molecular formula is C19H24O4S. The first kappa shape index (κ1) is 18.5. The Morgan fingerprint density at radius 1 is 1.04 bits per heavy atom. The largest absolute Gasteiger partial charge is 0.491 e. The van der Waals surface area contributed by atoms with E-state index in [9.17, 15) is 13.5 Å². The van der Waals surface area contributed by atoms with Crippen LogP contribution in [0.4, 0.5) is 0 Å². The standard InChI is InChI=1S/C19H24O4S/c1-14-9-15(2)11-19(10-14)23-12-18(20)13-24(21,22)16(3)17-7-5-4-6-8-17/h4-11,16,18,20H,12-13H2,1-3H3. The smallest absolute Gasteiger partial charge is 0.159 e. The first-order valence-corrected chi connectivity index (χ1v) is 9.65. The summed E-state index contributed by atoms with van der Waals surface area (Å²) in [6.07, 6.45) is -1.07. The Morgan fingerprint density at radius 3 is 2.21 bits per heavy atom. The molecule has 2 aromatic carbocycles. The molecule has 0 aliphatic rings. The van der Waals surface area contributed by atoms with Crippen LogP contribution in [-0.2, 0) is 9.84 Å². The van der Waals surface area contributed by atoms with Crippen LogP contribution in [0.1, 0.15) is 28.9 Å². The number of aryl methyl sites for hydroxylation is 2. The molecule has 0 saturated heterocycles. The Morgan fingerprint density at radius 2 is 1.62 bits per heavy atom. The summed E-state index contributed by atoms with van der Waals surface area (Å²) in [4.78, 5) is 0. The second-order valence-corrected chi connectivity index (χ2v) is 8.54. The second-order valence-electron chi connectivity index (χ2n) is 6.17. The van der Waals surface area contributed by atoms with Gasteiger partial charge in [0, 0.05) is 0 Å². The number of ether oxygens (including phenoxy) is 1. The molecule has 4 nitrogen and oxygen atoms in total. The van der Waals surface area contributed by atoms with Crippen LogP contribution in [0.2, 0.25) is 0 Å². The first-order chi connectivity index (χ1) is 11.3. The highest BCUT2D eigenvalue weighted by atomic mass is 32.2. The second kappa shape index (κ2) is 7.81. The number of benzene rings is 2. The summed E-state index contributed by atoms with van der Waals surface area (Å²) in [6, 6.07) is 14.8. The van der Waals surface area contributed by atoms with Crippen molar-refractivity contribution in [2.45, 2.75) is 32.1 Å². The van der Waals surface area contributed by atoms with Crippen LogP contribution in [0.5, 0.6) is 5.75 Å². The highest BCUT2D eigenvalue weighted by Crippen LogP contribution is 2.23. The third kappa shape index (κ3) is 5.08. The van der Waals surface area contributed by atoms with E-state index in [1.54, 1.807) is 31.2 Å². The molecule has 0 aliphatic heterocycles. The molecule has 130 valence electrons. The molecule has 0 fully saturated rings. The topological polar surface area (TPSA) is 63.6 Å². The normalized spacial score (nSPS) is 14.2. The van der Waals surface area contributed by atoms with Crippen LogP contribution in [-0.4, -0.2) is 32.0 Å². The van der Waals surface area contributed by atoms with E-state index in [2.05, 4.69) is 0 Å². The maximum absolute atomic E-state index is 12.4. The van der Waals surface area contributed by atoms with Crippen LogP contribution in [0.25, 0.3) is 0 Å². The molecule has 0 aliphatic carbocycles. The Balaban J connectivity index is 1.96. The van der Waals surface area contributed by atoms with Crippen LogP contribution in [0.15, 0.2) is 48.5 Å². The zero-order valence-electron chi connectivity index (χ0n) is 14.3. The van der Waals surface area contributed by atoms with Gasteiger partial charge in [-0.25, -0.2) is 8.42 Å². The van der Waals surface area contributed by atoms with Crippen molar-refractivity contribution in [2.24, 2.45) is 0 Å².